The number of primary amides is 1. The molecule has 116 valence electrons. The predicted molar refractivity (Wildman–Crippen MR) is 83.3 cm³/mol. The number of aromatic nitrogens is 1. The molecular formula is C15H16ClN3O3. The lowest BCUT2D eigenvalue weighted by atomic mass is 10.1. The molecule has 0 saturated carbocycles. The molecule has 0 spiro atoms. The van der Waals surface area contributed by atoms with Gasteiger partial charge in [-0.15, -0.1) is 0 Å². The van der Waals surface area contributed by atoms with Gasteiger partial charge in [-0.3, -0.25) is 4.79 Å². The topological polar surface area (TPSA) is 86.5 Å². The Morgan fingerprint density at radius 3 is 2.95 bits per heavy atom. The third kappa shape index (κ3) is 2.80. The van der Waals surface area contributed by atoms with Gasteiger partial charge < -0.3 is 20.5 Å². The molecular weight excluding hydrogens is 306 g/mol. The lowest BCUT2D eigenvalue weighted by molar-refractivity contribution is -0.119. The van der Waals surface area contributed by atoms with Crippen molar-refractivity contribution >= 4 is 28.3 Å². The van der Waals surface area contributed by atoms with Crippen molar-refractivity contribution in [1.29, 1.82) is 0 Å². The van der Waals surface area contributed by atoms with Crippen LogP contribution in [0.1, 0.15) is 6.42 Å². The Bertz CT molecular complexity index is 722. The lowest BCUT2D eigenvalue weighted by Crippen LogP contribution is -2.36. The predicted octanol–water partition coefficient (Wildman–Crippen LogP) is 1.49. The first-order valence-corrected chi connectivity index (χ1v) is 7.28. The van der Waals surface area contributed by atoms with Gasteiger partial charge in [-0.1, -0.05) is 11.6 Å². The van der Waals surface area contributed by atoms with Crippen LogP contribution in [0.5, 0.6) is 11.6 Å². The maximum Gasteiger partial charge on any atom is 0.234 e. The van der Waals surface area contributed by atoms with E-state index in [0.717, 1.165) is 10.8 Å². The van der Waals surface area contributed by atoms with Crippen LogP contribution in [-0.4, -0.2) is 36.7 Å². The summed E-state index contributed by atoms with van der Waals surface area (Å²) in [6.45, 7) is 0.545. The SMILES string of the molecule is COc1cnc(O[C@H]2CN[C@H](C(N)=O)C2)c2cc(Cl)ccc12. The average Bonchev–Trinajstić information content (AvgIpc) is 2.96. The van der Waals surface area contributed by atoms with Gasteiger partial charge >= 0.3 is 0 Å². The van der Waals surface area contributed by atoms with Gasteiger partial charge in [-0.25, -0.2) is 4.98 Å². The number of halogens is 1. The highest BCUT2D eigenvalue weighted by Gasteiger charge is 2.29. The van der Waals surface area contributed by atoms with Crippen LogP contribution >= 0.6 is 11.6 Å². The second-order valence-electron chi connectivity index (χ2n) is 5.16. The van der Waals surface area contributed by atoms with Crippen molar-refractivity contribution in [2.24, 2.45) is 5.73 Å². The fourth-order valence-corrected chi connectivity index (χ4v) is 2.76. The molecule has 0 bridgehead atoms. The normalized spacial score (nSPS) is 21.0. The molecule has 1 fully saturated rings. The third-order valence-electron chi connectivity index (χ3n) is 3.71. The van der Waals surface area contributed by atoms with E-state index >= 15 is 0 Å². The minimum Gasteiger partial charge on any atom is -0.494 e. The molecule has 1 aliphatic rings. The Labute approximate surface area is 132 Å². The average molecular weight is 322 g/mol. The van der Waals surface area contributed by atoms with Gasteiger partial charge in [0.2, 0.25) is 11.8 Å². The second kappa shape index (κ2) is 5.98. The summed E-state index contributed by atoms with van der Waals surface area (Å²) in [6, 6.07) is 5.08. The van der Waals surface area contributed by atoms with Crippen LogP contribution in [-0.2, 0) is 4.79 Å². The van der Waals surface area contributed by atoms with Crippen molar-refractivity contribution in [2.75, 3.05) is 13.7 Å². The number of amides is 1. The third-order valence-corrected chi connectivity index (χ3v) is 3.94. The molecule has 3 N–H and O–H groups in total. The number of hydrogen-bond donors (Lipinski definition) is 2. The largest absolute Gasteiger partial charge is 0.494 e. The van der Waals surface area contributed by atoms with Crippen LogP contribution in [0.4, 0.5) is 0 Å². The Morgan fingerprint density at radius 1 is 1.45 bits per heavy atom. The van der Waals surface area contributed by atoms with E-state index in [-0.39, 0.29) is 18.1 Å². The van der Waals surface area contributed by atoms with Crippen molar-refractivity contribution in [3.8, 4) is 11.6 Å². The van der Waals surface area contributed by atoms with E-state index in [2.05, 4.69) is 10.3 Å². The van der Waals surface area contributed by atoms with E-state index in [1.807, 2.05) is 6.07 Å². The van der Waals surface area contributed by atoms with Crippen molar-refractivity contribution < 1.29 is 14.3 Å². The molecule has 7 heteroatoms. The van der Waals surface area contributed by atoms with Gasteiger partial charge in [0.15, 0.2) is 0 Å². The van der Waals surface area contributed by atoms with Crippen molar-refractivity contribution in [2.45, 2.75) is 18.6 Å². The maximum atomic E-state index is 11.2. The van der Waals surface area contributed by atoms with Gasteiger partial charge in [-0.05, 0) is 18.2 Å². The first kappa shape index (κ1) is 14.9. The molecule has 0 unspecified atom stereocenters. The maximum absolute atomic E-state index is 11.2. The summed E-state index contributed by atoms with van der Waals surface area (Å²) in [7, 11) is 1.59. The number of hydrogen-bond acceptors (Lipinski definition) is 5. The molecule has 1 saturated heterocycles. The molecule has 1 aromatic heterocycles. The molecule has 1 aliphatic heterocycles. The first-order chi connectivity index (χ1) is 10.6. The molecule has 1 amide bonds. The van der Waals surface area contributed by atoms with Gasteiger partial charge in [0, 0.05) is 28.8 Å². The first-order valence-electron chi connectivity index (χ1n) is 6.90. The number of benzene rings is 1. The summed E-state index contributed by atoms with van der Waals surface area (Å²) in [4.78, 5) is 15.5. The zero-order chi connectivity index (χ0) is 15.7. The minimum absolute atomic E-state index is 0.166. The molecule has 2 heterocycles. The molecule has 6 nitrogen and oxygen atoms in total. The smallest absolute Gasteiger partial charge is 0.234 e. The Balaban J connectivity index is 1.91. The summed E-state index contributed by atoms with van der Waals surface area (Å²) < 4.78 is 11.2. The summed E-state index contributed by atoms with van der Waals surface area (Å²) in [5.41, 5.74) is 5.30. The van der Waals surface area contributed by atoms with Crippen molar-refractivity contribution in [3.05, 3.63) is 29.4 Å². The zero-order valence-electron chi connectivity index (χ0n) is 12.0. The van der Waals surface area contributed by atoms with Gasteiger partial charge in [0.05, 0.1) is 19.3 Å². The van der Waals surface area contributed by atoms with E-state index in [1.165, 1.54) is 0 Å². The summed E-state index contributed by atoms with van der Waals surface area (Å²) >= 11 is 6.07. The monoisotopic (exact) mass is 321 g/mol. The van der Waals surface area contributed by atoms with E-state index < -0.39 is 0 Å². The van der Waals surface area contributed by atoms with Crippen molar-refractivity contribution in [1.82, 2.24) is 10.3 Å². The molecule has 2 aromatic rings. The number of nitrogens with one attached hydrogen (secondary N) is 1. The number of ether oxygens (including phenoxy) is 2. The summed E-state index contributed by atoms with van der Waals surface area (Å²) in [5.74, 6) is 0.746. The molecule has 0 aliphatic carbocycles. The number of carbonyl (C=O) groups is 1. The van der Waals surface area contributed by atoms with Crippen molar-refractivity contribution in [3.63, 3.8) is 0 Å². The Morgan fingerprint density at radius 2 is 2.27 bits per heavy atom. The number of methoxy groups -OCH3 is 1. The van der Waals surface area contributed by atoms with E-state index in [9.17, 15) is 4.79 Å². The zero-order valence-corrected chi connectivity index (χ0v) is 12.8. The molecule has 2 atom stereocenters. The number of nitrogens with two attached hydrogens (primary N) is 1. The van der Waals surface area contributed by atoms with Gasteiger partial charge in [0.1, 0.15) is 11.9 Å². The number of fused-ring (bicyclic) bond motifs is 1. The van der Waals surface area contributed by atoms with Crippen LogP contribution in [0, 0.1) is 0 Å². The highest BCUT2D eigenvalue weighted by molar-refractivity contribution is 6.31. The van der Waals surface area contributed by atoms with E-state index in [4.69, 9.17) is 26.8 Å². The number of rotatable bonds is 4. The number of carbonyl (C=O) groups excluding carboxylic acids is 1. The Hall–Kier alpha value is -2.05. The number of nitrogens with zero attached hydrogens (tertiary/aromatic N) is 1. The summed E-state index contributed by atoms with van der Waals surface area (Å²) in [5, 5.41) is 5.26. The van der Waals surface area contributed by atoms with E-state index in [0.29, 0.717) is 29.6 Å². The van der Waals surface area contributed by atoms with E-state index in [1.54, 1.807) is 25.4 Å². The summed E-state index contributed by atoms with van der Waals surface area (Å²) in [6.07, 6.45) is 1.96. The quantitative estimate of drug-likeness (QED) is 0.891. The molecule has 3 rings (SSSR count). The second-order valence-corrected chi connectivity index (χ2v) is 5.60. The standard InChI is InChI=1S/C15H16ClN3O3/c1-21-13-7-19-15(11-4-8(16)2-3-10(11)13)22-9-5-12(14(17)20)18-6-9/h2-4,7,9,12,18H,5-6H2,1H3,(H2,17,20)/t9-,12+/m1/s1. The molecule has 1 aromatic carbocycles. The fourth-order valence-electron chi connectivity index (χ4n) is 2.59. The fraction of sp³-hybridized carbons (Fsp3) is 0.333. The van der Waals surface area contributed by atoms with Gasteiger partial charge in [-0.2, -0.15) is 0 Å². The van der Waals surface area contributed by atoms with Crippen LogP contribution in [0.15, 0.2) is 24.4 Å². The van der Waals surface area contributed by atoms with Crippen LogP contribution in [0.25, 0.3) is 10.8 Å². The lowest BCUT2D eigenvalue weighted by Gasteiger charge is -2.15. The highest BCUT2D eigenvalue weighted by Crippen LogP contribution is 2.33. The van der Waals surface area contributed by atoms with Crippen LogP contribution in [0.2, 0.25) is 5.02 Å². The minimum atomic E-state index is -0.373. The van der Waals surface area contributed by atoms with Crippen LogP contribution < -0.4 is 20.5 Å². The highest BCUT2D eigenvalue weighted by atomic mass is 35.5. The van der Waals surface area contributed by atoms with Gasteiger partial charge in [0.25, 0.3) is 0 Å². The van der Waals surface area contributed by atoms with Crippen LogP contribution in [0.3, 0.4) is 0 Å². The molecule has 0 radical (unpaired) electrons. The molecule has 22 heavy (non-hydrogen) atoms. The Kier molecular flexibility index (Phi) is 4.04. The number of pyridine rings is 1.